The number of β-amino-alcohol motifs (C(OH)–C–C–N with tert-alkyl or cyclic N) is 1. The SMILES string of the molecule is O=C(C1CCCCC1)N1CCN(CC(O)COCc2ccco2)CC1. The second-order valence-corrected chi connectivity index (χ2v) is 7.21. The number of aliphatic hydroxyl groups excluding tert-OH is 1. The molecule has 1 unspecified atom stereocenters. The van der Waals surface area contributed by atoms with Gasteiger partial charge in [-0.2, -0.15) is 0 Å². The van der Waals surface area contributed by atoms with Crippen LogP contribution < -0.4 is 0 Å². The van der Waals surface area contributed by atoms with Crippen molar-refractivity contribution in [1.29, 1.82) is 0 Å². The van der Waals surface area contributed by atoms with Crippen molar-refractivity contribution in [3.05, 3.63) is 24.2 Å². The summed E-state index contributed by atoms with van der Waals surface area (Å²) in [5.41, 5.74) is 0. The molecule has 1 aliphatic heterocycles. The Morgan fingerprint density at radius 1 is 1.24 bits per heavy atom. The molecule has 1 aromatic heterocycles. The van der Waals surface area contributed by atoms with Crippen LogP contribution in [0.2, 0.25) is 0 Å². The lowest BCUT2D eigenvalue weighted by Gasteiger charge is -2.37. The van der Waals surface area contributed by atoms with Crippen LogP contribution in [0.3, 0.4) is 0 Å². The number of carbonyl (C=O) groups is 1. The molecule has 0 bridgehead atoms. The predicted molar refractivity (Wildman–Crippen MR) is 94.0 cm³/mol. The van der Waals surface area contributed by atoms with E-state index in [2.05, 4.69) is 4.90 Å². The molecule has 2 fully saturated rings. The van der Waals surface area contributed by atoms with Crippen LogP contribution in [0.25, 0.3) is 0 Å². The van der Waals surface area contributed by atoms with E-state index in [9.17, 15) is 9.90 Å². The van der Waals surface area contributed by atoms with Crippen LogP contribution in [-0.4, -0.2) is 66.2 Å². The lowest BCUT2D eigenvalue weighted by molar-refractivity contribution is -0.138. The Hall–Kier alpha value is -1.37. The third-order valence-electron chi connectivity index (χ3n) is 5.24. The van der Waals surface area contributed by atoms with Crippen LogP contribution in [0.15, 0.2) is 22.8 Å². The Morgan fingerprint density at radius 2 is 2.00 bits per heavy atom. The van der Waals surface area contributed by atoms with Crippen LogP contribution in [0, 0.1) is 5.92 Å². The predicted octanol–water partition coefficient (Wildman–Crippen LogP) is 1.88. The molecule has 0 spiro atoms. The molecular weight excluding hydrogens is 320 g/mol. The van der Waals surface area contributed by atoms with E-state index in [0.29, 0.717) is 25.7 Å². The molecule has 1 amide bonds. The Bertz CT molecular complexity index is 506. The van der Waals surface area contributed by atoms with E-state index in [4.69, 9.17) is 9.15 Å². The summed E-state index contributed by atoms with van der Waals surface area (Å²) in [4.78, 5) is 16.8. The number of aliphatic hydroxyl groups is 1. The van der Waals surface area contributed by atoms with E-state index in [1.165, 1.54) is 19.3 Å². The highest BCUT2D eigenvalue weighted by molar-refractivity contribution is 5.79. The van der Waals surface area contributed by atoms with Gasteiger partial charge in [0.25, 0.3) is 0 Å². The minimum absolute atomic E-state index is 0.251. The molecule has 1 N–H and O–H groups in total. The fraction of sp³-hybridized carbons (Fsp3) is 0.737. The number of hydrogen-bond donors (Lipinski definition) is 1. The number of furan rings is 1. The molecule has 1 aromatic rings. The molecule has 1 aliphatic carbocycles. The number of piperazine rings is 1. The maximum Gasteiger partial charge on any atom is 0.225 e. The molecule has 1 saturated heterocycles. The van der Waals surface area contributed by atoms with Crippen molar-refractivity contribution >= 4 is 5.91 Å². The standard InChI is InChI=1S/C19H30N2O4/c22-17(14-24-15-18-7-4-12-25-18)13-20-8-10-21(11-9-20)19(23)16-5-2-1-3-6-16/h4,7,12,16-17,22H,1-3,5-6,8-11,13-15H2. The first kappa shape index (κ1) is 18.4. The quantitative estimate of drug-likeness (QED) is 0.813. The van der Waals surface area contributed by atoms with Crippen molar-refractivity contribution in [2.45, 2.75) is 44.8 Å². The molecule has 0 aromatic carbocycles. The number of ether oxygens (including phenoxy) is 1. The molecule has 2 aliphatic rings. The zero-order valence-electron chi connectivity index (χ0n) is 14.9. The highest BCUT2D eigenvalue weighted by atomic mass is 16.5. The first-order chi connectivity index (χ1) is 12.2. The normalized spacial score (nSPS) is 21.4. The van der Waals surface area contributed by atoms with Crippen molar-refractivity contribution in [2.75, 3.05) is 39.3 Å². The van der Waals surface area contributed by atoms with Gasteiger partial charge in [0.1, 0.15) is 12.4 Å². The summed E-state index contributed by atoms with van der Waals surface area (Å²) < 4.78 is 10.7. The zero-order valence-corrected chi connectivity index (χ0v) is 14.9. The Kier molecular flexibility index (Phi) is 6.90. The maximum absolute atomic E-state index is 12.6. The molecule has 2 heterocycles. The van der Waals surface area contributed by atoms with E-state index in [-0.39, 0.29) is 5.92 Å². The van der Waals surface area contributed by atoms with E-state index in [0.717, 1.165) is 44.8 Å². The van der Waals surface area contributed by atoms with Gasteiger partial charge in [-0.3, -0.25) is 9.69 Å². The van der Waals surface area contributed by atoms with Gasteiger partial charge < -0.3 is 19.2 Å². The highest BCUT2D eigenvalue weighted by Gasteiger charge is 2.28. The number of amides is 1. The van der Waals surface area contributed by atoms with E-state index in [1.54, 1.807) is 6.26 Å². The first-order valence-electron chi connectivity index (χ1n) is 9.51. The molecule has 6 nitrogen and oxygen atoms in total. The molecule has 0 radical (unpaired) electrons. The van der Waals surface area contributed by atoms with Gasteiger partial charge in [0.05, 0.1) is 19.0 Å². The Morgan fingerprint density at radius 3 is 2.68 bits per heavy atom. The second-order valence-electron chi connectivity index (χ2n) is 7.21. The Balaban J connectivity index is 1.32. The van der Waals surface area contributed by atoms with Gasteiger partial charge in [0.2, 0.25) is 5.91 Å². The van der Waals surface area contributed by atoms with Crippen molar-refractivity contribution in [3.8, 4) is 0 Å². The molecule has 6 heteroatoms. The van der Waals surface area contributed by atoms with Crippen LogP contribution in [-0.2, 0) is 16.1 Å². The third-order valence-corrected chi connectivity index (χ3v) is 5.24. The van der Waals surface area contributed by atoms with Gasteiger partial charge in [0, 0.05) is 38.6 Å². The smallest absolute Gasteiger partial charge is 0.225 e. The van der Waals surface area contributed by atoms with Gasteiger partial charge in [-0.25, -0.2) is 0 Å². The summed E-state index contributed by atoms with van der Waals surface area (Å²) in [7, 11) is 0. The largest absolute Gasteiger partial charge is 0.467 e. The molecule has 25 heavy (non-hydrogen) atoms. The fourth-order valence-electron chi connectivity index (χ4n) is 3.80. The summed E-state index contributed by atoms with van der Waals surface area (Å²) >= 11 is 0. The van der Waals surface area contributed by atoms with Gasteiger partial charge in [-0.15, -0.1) is 0 Å². The van der Waals surface area contributed by atoms with Crippen LogP contribution in [0.4, 0.5) is 0 Å². The molecule has 140 valence electrons. The minimum Gasteiger partial charge on any atom is -0.467 e. The summed E-state index contributed by atoms with van der Waals surface area (Å²) in [5, 5.41) is 10.1. The summed E-state index contributed by atoms with van der Waals surface area (Å²) in [6.45, 7) is 4.46. The topological polar surface area (TPSA) is 66.2 Å². The van der Waals surface area contributed by atoms with Gasteiger partial charge in [-0.1, -0.05) is 19.3 Å². The van der Waals surface area contributed by atoms with E-state index in [1.807, 2.05) is 17.0 Å². The highest BCUT2D eigenvalue weighted by Crippen LogP contribution is 2.25. The zero-order chi connectivity index (χ0) is 17.5. The number of hydrogen-bond acceptors (Lipinski definition) is 5. The number of rotatable bonds is 7. The van der Waals surface area contributed by atoms with Crippen LogP contribution >= 0.6 is 0 Å². The maximum atomic E-state index is 12.6. The lowest BCUT2D eigenvalue weighted by Crippen LogP contribution is -2.52. The minimum atomic E-state index is -0.518. The van der Waals surface area contributed by atoms with Crippen molar-refractivity contribution in [2.24, 2.45) is 5.92 Å². The van der Waals surface area contributed by atoms with Gasteiger partial charge in [-0.05, 0) is 25.0 Å². The van der Waals surface area contributed by atoms with Crippen LogP contribution in [0.5, 0.6) is 0 Å². The molecular formula is C19H30N2O4. The number of carbonyl (C=O) groups excluding carboxylic acids is 1. The van der Waals surface area contributed by atoms with Crippen molar-refractivity contribution < 1.29 is 19.1 Å². The van der Waals surface area contributed by atoms with Crippen molar-refractivity contribution in [1.82, 2.24) is 9.80 Å². The first-order valence-corrected chi connectivity index (χ1v) is 9.51. The lowest BCUT2D eigenvalue weighted by atomic mass is 9.88. The molecule has 1 atom stereocenters. The van der Waals surface area contributed by atoms with Crippen molar-refractivity contribution in [3.63, 3.8) is 0 Å². The summed E-state index contributed by atoms with van der Waals surface area (Å²) in [6, 6.07) is 3.68. The summed E-state index contributed by atoms with van der Waals surface area (Å²) in [5.74, 6) is 1.37. The average molecular weight is 350 g/mol. The second kappa shape index (κ2) is 9.36. The summed E-state index contributed by atoms with van der Waals surface area (Å²) in [6.07, 6.45) is 6.88. The van der Waals surface area contributed by atoms with E-state index < -0.39 is 6.10 Å². The number of nitrogens with zero attached hydrogens (tertiary/aromatic N) is 2. The molecule has 1 saturated carbocycles. The monoisotopic (exact) mass is 350 g/mol. The van der Waals surface area contributed by atoms with Crippen LogP contribution in [0.1, 0.15) is 37.9 Å². The Labute approximate surface area is 149 Å². The van der Waals surface area contributed by atoms with Gasteiger partial charge in [0.15, 0.2) is 0 Å². The third kappa shape index (κ3) is 5.56. The molecule has 3 rings (SSSR count). The average Bonchev–Trinajstić information content (AvgIpc) is 3.16. The fourth-order valence-corrected chi connectivity index (χ4v) is 3.80. The van der Waals surface area contributed by atoms with E-state index >= 15 is 0 Å². The van der Waals surface area contributed by atoms with Gasteiger partial charge >= 0.3 is 0 Å².